The number of benzene rings is 1. The molecule has 1 aromatic carbocycles. The maximum absolute atomic E-state index is 9.67. The molecule has 0 radical (unpaired) electrons. The van der Waals surface area contributed by atoms with E-state index in [4.69, 9.17) is 22.1 Å². The quantitative estimate of drug-likeness (QED) is 0.586. The van der Waals surface area contributed by atoms with Crippen LogP contribution in [0.4, 0.5) is 5.82 Å². The summed E-state index contributed by atoms with van der Waals surface area (Å²) in [5.74, 6) is 1.05. The molecule has 4 aromatic rings. The number of nitrogens with zero attached hydrogens (tertiary/aromatic N) is 5. The van der Waals surface area contributed by atoms with Gasteiger partial charge in [-0.05, 0) is 31.5 Å². The number of ether oxygens (including phenoxy) is 1. The highest BCUT2D eigenvalue weighted by atomic mass is 35.5. The highest BCUT2D eigenvalue weighted by Crippen LogP contribution is 2.37. The van der Waals surface area contributed by atoms with E-state index >= 15 is 0 Å². The third kappa shape index (κ3) is 1.99. The molecule has 0 unspecified atom stereocenters. The normalized spacial score (nSPS) is 11.2. The third-order valence-electron chi connectivity index (χ3n) is 4.59. The molecule has 130 valence electrons. The fourth-order valence-electron chi connectivity index (χ4n) is 3.42. The number of hydrogen-bond acceptors (Lipinski definition) is 5. The molecule has 0 bridgehead atoms. The highest BCUT2D eigenvalue weighted by molar-refractivity contribution is 6.34. The summed E-state index contributed by atoms with van der Waals surface area (Å²) in [5.41, 5.74) is 10.6. The van der Waals surface area contributed by atoms with Crippen LogP contribution in [0.2, 0.25) is 5.02 Å². The average Bonchev–Trinajstić information content (AvgIpc) is 3.19. The van der Waals surface area contributed by atoms with Crippen LogP contribution < -0.4 is 10.5 Å². The van der Waals surface area contributed by atoms with E-state index in [2.05, 4.69) is 16.2 Å². The van der Waals surface area contributed by atoms with Crippen molar-refractivity contribution in [2.24, 2.45) is 0 Å². The fraction of sp³-hybridized carbons (Fsp3) is 0.167. The fourth-order valence-corrected chi connectivity index (χ4v) is 3.66. The Balaban J connectivity index is 2.28. The molecule has 26 heavy (non-hydrogen) atoms. The Bertz CT molecular complexity index is 1230. The molecule has 2 N–H and O–H groups in total. The molecule has 4 rings (SSSR count). The van der Waals surface area contributed by atoms with Gasteiger partial charge in [0, 0.05) is 10.9 Å². The van der Waals surface area contributed by atoms with Crippen LogP contribution in [-0.4, -0.2) is 26.3 Å². The number of rotatable bonds is 2. The Kier molecular flexibility index (Phi) is 3.53. The Morgan fingerprint density at radius 2 is 2.08 bits per heavy atom. The first-order valence-corrected chi connectivity index (χ1v) is 8.24. The summed E-state index contributed by atoms with van der Waals surface area (Å²) in [6.07, 6.45) is 1.42. The number of nitriles is 1. The zero-order valence-corrected chi connectivity index (χ0v) is 15.2. The Hall–Kier alpha value is -3.24. The largest absolute Gasteiger partial charge is 0.496 e. The number of methoxy groups -OCH3 is 1. The lowest BCUT2D eigenvalue weighted by Crippen LogP contribution is -2.08. The number of nitrogens with two attached hydrogens (primary N) is 1. The van der Waals surface area contributed by atoms with Gasteiger partial charge in [0.1, 0.15) is 29.5 Å². The summed E-state index contributed by atoms with van der Waals surface area (Å²) in [6, 6.07) is 7.75. The number of nitrogen functional groups attached to an aromatic ring is 1. The number of aromatic nitrogens is 4. The molecule has 3 aromatic heterocycles. The van der Waals surface area contributed by atoms with Gasteiger partial charge in [-0.3, -0.25) is 4.57 Å². The molecular weight excluding hydrogens is 352 g/mol. The van der Waals surface area contributed by atoms with Crippen LogP contribution in [-0.2, 0) is 0 Å². The van der Waals surface area contributed by atoms with Crippen LogP contribution >= 0.6 is 11.6 Å². The molecule has 0 spiro atoms. The molecule has 0 saturated carbocycles. The number of anilines is 1. The number of hydrogen-bond donors (Lipinski definition) is 1. The Morgan fingerprint density at radius 1 is 1.31 bits per heavy atom. The van der Waals surface area contributed by atoms with Gasteiger partial charge in [0.2, 0.25) is 0 Å². The Morgan fingerprint density at radius 3 is 2.77 bits per heavy atom. The third-order valence-corrected chi connectivity index (χ3v) is 4.87. The van der Waals surface area contributed by atoms with Gasteiger partial charge >= 0.3 is 0 Å². The standard InChI is InChI=1S/C18H15ClN6O/c1-9-4-5-14(26-3)10(2)15(9)24-16(21)12(7-20)11-6-13(19)17-22-8-23-25(17)18(11)24/h4-6,8H,21H2,1-3H3. The van der Waals surface area contributed by atoms with Crippen molar-refractivity contribution in [1.29, 1.82) is 5.26 Å². The first-order chi connectivity index (χ1) is 12.5. The molecule has 3 heterocycles. The summed E-state index contributed by atoms with van der Waals surface area (Å²) in [7, 11) is 1.62. The second kappa shape index (κ2) is 5.64. The van der Waals surface area contributed by atoms with Crippen molar-refractivity contribution in [1.82, 2.24) is 19.2 Å². The van der Waals surface area contributed by atoms with Crippen LogP contribution in [0.3, 0.4) is 0 Å². The molecule has 0 saturated heterocycles. The second-order valence-corrected chi connectivity index (χ2v) is 6.40. The molecule has 0 atom stereocenters. The number of halogens is 1. The van der Waals surface area contributed by atoms with E-state index in [0.29, 0.717) is 33.1 Å². The number of aryl methyl sites for hydroxylation is 1. The van der Waals surface area contributed by atoms with E-state index in [1.165, 1.54) is 6.33 Å². The van der Waals surface area contributed by atoms with Gasteiger partial charge in [0.25, 0.3) is 0 Å². The molecule has 7 nitrogen and oxygen atoms in total. The van der Waals surface area contributed by atoms with Gasteiger partial charge in [0.15, 0.2) is 11.3 Å². The first kappa shape index (κ1) is 16.2. The number of pyridine rings is 1. The smallest absolute Gasteiger partial charge is 0.176 e. The van der Waals surface area contributed by atoms with Crippen molar-refractivity contribution in [3.8, 4) is 17.5 Å². The van der Waals surface area contributed by atoms with Crippen molar-refractivity contribution < 1.29 is 4.74 Å². The minimum atomic E-state index is 0.320. The van der Waals surface area contributed by atoms with Gasteiger partial charge in [-0.2, -0.15) is 14.9 Å². The van der Waals surface area contributed by atoms with Gasteiger partial charge < -0.3 is 10.5 Å². The monoisotopic (exact) mass is 366 g/mol. The van der Waals surface area contributed by atoms with Crippen LogP contribution in [0.15, 0.2) is 24.5 Å². The zero-order chi connectivity index (χ0) is 18.6. The van der Waals surface area contributed by atoms with Gasteiger partial charge in [0.05, 0.1) is 17.8 Å². The molecule has 0 amide bonds. The van der Waals surface area contributed by atoms with Crippen LogP contribution in [0, 0.1) is 25.2 Å². The van der Waals surface area contributed by atoms with Crippen molar-refractivity contribution >= 4 is 34.1 Å². The molecular formula is C18H15ClN6O. The maximum atomic E-state index is 9.67. The molecule has 0 aliphatic rings. The van der Waals surface area contributed by atoms with E-state index in [9.17, 15) is 5.26 Å². The first-order valence-electron chi connectivity index (χ1n) is 7.86. The van der Waals surface area contributed by atoms with Crippen LogP contribution in [0.25, 0.3) is 22.4 Å². The number of fused-ring (bicyclic) bond motifs is 3. The maximum Gasteiger partial charge on any atom is 0.176 e. The summed E-state index contributed by atoms with van der Waals surface area (Å²) in [6.45, 7) is 3.93. The lowest BCUT2D eigenvalue weighted by Gasteiger charge is -2.17. The predicted molar refractivity (Wildman–Crippen MR) is 100.0 cm³/mol. The van der Waals surface area contributed by atoms with Crippen LogP contribution in [0.1, 0.15) is 16.7 Å². The summed E-state index contributed by atoms with van der Waals surface area (Å²) in [4.78, 5) is 4.20. The van der Waals surface area contributed by atoms with E-state index in [1.807, 2.05) is 30.5 Å². The molecule has 0 aliphatic heterocycles. The SMILES string of the molecule is COc1ccc(C)c(-n2c(N)c(C#N)c3cc(Cl)c4ncnn4c32)c1C. The summed E-state index contributed by atoms with van der Waals surface area (Å²) >= 11 is 6.32. The van der Waals surface area contributed by atoms with Crippen molar-refractivity contribution in [3.63, 3.8) is 0 Å². The van der Waals surface area contributed by atoms with Crippen LogP contribution in [0.5, 0.6) is 5.75 Å². The molecule has 0 aliphatic carbocycles. The topological polar surface area (TPSA) is 94.2 Å². The van der Waals surface area contributed by atoms with Crippen molar-refractivity contribution in [2.45, 2.75) is 13.8 Å². The second-order valence-electron chi connectivity index (χ2n) is 5.99. The summed E-state index contributed by atoms with van der Waals surface area (Å²) in [5, 5.41) is 15.0. The Labute approximate surface area is 154 Å². The van der Waals surface area contributed by atoms with Crippen molar-refractivity contribution in [3.05, 3.63) is 46.2 Å². The average molecular weight is 367 g/mol. The van der Waals surface area contributed by atoms with E-state index in [0.717, 1.165) is 22.6 Å². The van der Waals surface area contributed by atoms with E-state index in [1.54, 1.807) is 17.7 Å². The van der Waals surface area contributed by atoms with E-state index in [-0.39, 0.29) is 0 Å². The molecule has 0 fully saturated rings. The summed E-state index contributed by atoms with van der Waals surface area (Å²) < 4.78 is 8.89. The van der Waals surface area contributed by atoms with Gasteiger partial charge in [-0.15, -0.1) is 0 Å². The predicted octanol–water partition coefficient (Wildman–Crippen LogP) is 3.41. The minimum absolute atomic E-state index is 0.320. The van der Waals surface area contributed by atoms with Gasteiger partial charge in [-0.1, -0.05) is 17.7 Å². The highest BCUT2D eigenvalue weighted by Gasteiger charge is 2.23. The zero-order valence-electron chi connectivity index (χ0n) is 14.4. The minimum Gasteiger partial charge on any atom is -0.496 e. The van der Waals surface area contributed by atoms with E-state index < -0.39 is 0 Å². The lowest BCUT2D eigenvalue weighted by molar-refractivity contribution is 0.411. The van der Waals surface area contributed by atoms with Gasteiger partial charge in [-0.25, -0.2) is 4.98 Å². The van der Waals surface area contributed by atoms with Crippen molar-refractivity contribution in [2.75, 3.05) is 12.8 Å². The lowest BCUT2D eigenvalue weighted by atomic mass is 10.1. The molecule has 8 heteroatoms.